The number of hydrazine groups is 1. The van der Waals surface area contributed by atoms with E-state index >= 15 is 0 Å². The Labute approximate surface area is 127 Å². The van der Waals surface area contributed by atoms with Gasteiger partial charge in [0.1, 0.15) is 11.8 Å². The van der Waals surface area contributed by atoms with Gasteiger partial charge in [0.2, 0.25) is 0 Å². The number of rotatable bonds is 1. The van der Waals surface area contributed by atoms with Gasteiger partial charge in [0.25, 0.3) is 0 Å². The van der Waals surface area contributed by atoms with E-state index in [1.54, 1.807) is 6.33 Å². The lowest BCUT2D eigenvalue weighted by Crippen LogP contribution is -2.36. The first kappa shape index (κ1) is 13.1. The van der Waals surface area contributed by atoms with E-state index in [0.29, 0.717) is 5.52 Å². The second kappa shape index (κ2) is 4.71. The number of nitrogens with zero attached hydrogens (tertiary/aromatic N) is 5. The number of aromatic nitrogens is 4. The number of hydrogen-bond donors (Lipinski definition) is 1. The molecular weight excluding hydrogens is 276 g/mol. The summed E-state index contributed by atoms with van der Waals surface area (Å²) in [7, 11) is 0. The fourth-order valence-electron chi connectivity index (χ4n) is 2.91. The molecule has 0 radical (unpaired) electrons. The Kier molecular flexibility index (Phi) is 2.80. The van der Waals surface area contributed by atoms with Gasteiger partial charge in [-0.3, -0.25) is 5.01 Å². The number of anilines is 1. The van der Waals surface area contributed by atoms with Gasteiger partial charge < -0.3 is 0 Å². The van der Waals surface area contributed by atoms with E-state index in [-0.39, 0.29) is 6.04 Å². The maximum absolute atomic E-state index is 4.44. The van der Waals surface area contributed by atoms with Crippen LogP contribution < -0.4 is 10.4 Å². The normalized spacial score (nSPS) is 18.2. The molecule has 0 saturated heterocycles. The number of nitrogens with one attached hydrogen (secondary N) is 1. The largest absolute Gasteiger partial charge is 0.262 e. The third kappa shape index (κ3) is 1.84. The molecule has 1 N–H and O–H groups in total. The molecule has 0 saturated carbocycles. The lowest BCUT2D eigenvalue weighted by molar-refractivity contribution is 0.668. The van der Waals surface area contributed by atoms with Crippen molar-refractivity contribution in [2.45, 2.75) is 26.8 Å². The molecule has 1 atom stereocenters. The minimum Gasteiger partial charge on any atom is -0.262 e. The van der Waals surface area contributed by atoms with Crippen molar-refractivity contribution in [2.24, 2.45) is 0 Å². The molecule has 4 rings (SSSR count). The second-order valence-electron chi connectivity index (χ2n) is 5.63. The standard InChI is InChI=1S/C16H16N6/c1-9-5-4-6-12-13(9)19-20-15-14(12)17-8-18-16(15)22-11(3)7-10(2)21-22/h4-8,10,21H,1-3H3. The Morgan fingerprint density at radius 3 is 2.64 bits per heavy atom. The zero-order valence-corrected chi connectivity index (χ0v) is 12.7. The van der Waals surface area contributed by atoms with Crippen LogP contribution in [-0.2, 0) is 0 Å². The van der Waals surface area contributed by atoms with Crippen LogP contribution in [0.2, 0.25) is 0 Å². The van der Waals surface area contributed by atoms with Gasteiger partial charge in [0, 0.05) is 17.1 Å². The third-order valence-corrected chi connectivity index (χ3v) is 3.93. The van der Waals surface area contributed by atoms with E-state index in [4.69, 9.17) is 0 Å². The van der Waals surface area contributed by atoms with Gasteiger partial charge in [-0.05, 0) is 32.4 Å². The molecule has 0 bridgehead atoms. The van der Waals surface area contributed by atoms with Crippen molar-refractivity contribution in [1.29, 1.82) is 0 Å². The molecule has 22 heavy (non-hydrogen) atoms. The van der Waals surface area contributed by atoms with E-state index in [1.165, 1.54) is 0 Å². The maximum Gasteiger partial charge on any atom is 0.179 e. The van der Waals surface area contributed by atoms with Crippen LogP contribution in [-0.4, -0.2) is 26.2 Å². The average molecular weight is 292 g/mol. The van der Waals surface area contributed by atoms with Crippen molar-refractivity contribution in [1.82, 2.24) is 25.6 Å². The third-order valence-electron chi connectivity index (χ3n) is 3.93. The average Bonchev–Trinajstić information content (AvgIpc) is 2.85. The van der Waals surface area contributed by atoms with Crippen LogP contribution in [0.4, 0.5) is 5.82 Å². The van der Waals surface area contributed by atoms with E-state index in [2.05, 4.69) is 38.6 Å². The first-order chi connectivity index (χ1) is 10.6. The molecule has 1 aliphatic rings. The number of fused-ring (bicyclic) bond motifs is 3. The van der Waals surface area contributed by atoms with Gasteiger partial charge in [-0.2, -0.15) is 0 Å². The molecular formula is C16H16N6. The fraction of sp³-hybridized carbons (Fsp3) is 0.250. The quantitative estimate of drug-likeness (QED) is 0.695. The van der Waals surface area contributed by atoms with Crippen molar-refractivity contribution < 1.29 is 0 Å². The molecule has 110 valence electrons. The molecule has 3 aromatic rings. The Bertz CT molecular complexity index is 917. The van der Waals surface area contributed by atoms with Gasteiger partial charge in [-0.1, -0.05) is 18.2 Å². The molecule has 2 aromatic heterocycles. The molecule has 3 heterocycles. The molecule has 0 amide bonds. The highest BCUT2D eigenvalue weighted by Crippen LogP contribution is 2.29. The monoisotopic (exact) mass is 292 g/mol. The molecule has 0 spiro atoms. The zero-order chi connectivity index (χ0) is 15.3. The van der Waals surface area contributed by atoms with Crippen LogP contribution in [0.1, 0.15) is 19.4 Å². The number of aryl methyl sites for hydroxylation is 1. The van der Waals surface area contributed by atoms with Gasteiger partial charge in [0.15, 0.2) is 11.3 Å². The lowest BCUT2D eigenvalue weighted by Gasteiger charge is -2.21. The summed E-state index contributed by atoms with van der Waals surface area (Å²) in [6.07, 6.45) is 3.73. The summed E-state index contributed by atoms with van der Waals surface area (Å²) < 4.78 is 0. The smallest absolute Gasteiger partial charge is 0.179 e. The van der Waals surface area contributed by atoms with Crippen LogP contribution in [0.25, 0.3) is 21.9 Å². The maximum atomic E-state index is 4.44. The van der Waals surface area contributed by atoms with Crippen LogP contribution >= 0.6 is 0 Å². The van der Waals surface area contributed by atoms with Gasteiger partial charge in [0.05, 0.1) is 5.52 Å². The summed E-state index contributed by atoms with van der Waals surface area (Å²) in [5.74, 6) is 0.735. The molecule has 6 heteroatoms. The number of allylic oxidation sites excluding steroid dienone is 1. The summed E-state index contributed by atoms with van der Waals surface area (Å²) >= 11 is 0. The topological polar surface area (TPSA) is 66.8 Å². The van der Waals surface area contributed by atoms with Crippen molar-refractivity contribution in [3.63, 3.8) is 0 Å². The highest BCUT2D eigenvalue weighted by Gasteiger charge is 2.22. The van der Waals surface area contributed by atoms with Gasteiger partial charge in [-0.25, -0.2) is 15.4 Å². The summed E-state index contributed by atoms with van der Waals surface area (Å²) in [4.78, 5) is 8.85. The van der Waals surface area contributed by atoms with Gasteiger partial charge in [-0.15, -0.1) is 10.2 Å². The highest BCUT2D eigenvalue weighted by atomic mass is 15.6. The van der Waals surface area contributed by atoms with E-state index in [0.717, 1.165) is 33.5 Å². The van der Waals surface area contributed by atoms with Crippen molar-refractivity contribution in [2.75, 3.05) is 5.01 Å². The first-order valence-electron chi connectivity index (χ1n) is 7.26. The second-order valence-corrected chi connectivity index (χ2v) is 5.63. The van der Waals surface area contributed by atoms with E-state index < -0.39 is 0 Å². The predicted octanol–water partition coefficient (Wildman–Crippen LogP) is 2.50. The molecule has 0 fully saturated rings. The van der Waals surface area contributed by atoms with Gasteiger partial charge >= 0.3 is 0 Å². The van der Waals surface area contributed by atoms with Crippen molar-refractivity contribution in [3.05, 3.63) is 41.9 Å². The molecule has 1 aliphatic heterocycles. The van der Waals surface area contributed by atoms with Crippen molar-refractivity contribution in [3.8, 4) is 0 Å². The highest BCUT2D eigenvalue weighted by molar-refractivity contribution is 6.05. The van der Waals surface area contributed by atoms with E-state index in [1.807, 2.05) is 37.1 Å². The summed E-state index contributed by atoms with van der Waals surface area (Å²) in [6, 6.07) is 6.34. The molecule has 1 aromatic carbocycles. The molecule has 0 aliphatic carbocycles. The van der Waals surface area contributed by atoms with Crippen molar-refractivity contribution >= 4 is 27.8 Å². The number of benzene rings is 1. The molecule has 6 nitrogen and oxygen atoms in total. The van der Waals surface area contributed by atoms with Crippen LogP contribution in [0.5, 0.6) is 0 Å². The Morgan fingerprint density at radius 1 is 1.05 bits per heavy atom. The first-order valence-corrected chi connectivity index (χ1v) is 7.26. The minimum absolute atomic E-state index is 0.265. The summed E-state index contributed by atoms with van der Waals surface area (Å²) in [5, 5.41) is 11.7. The Balaban J connectivity index is 2.01. The predicted molar refractivity (Wildman–Crippen MR) is 86.2 cm³/mol. The summed E-state index contributed by atoms with van der Waals surface area (Å²) in [5.41, 5.74) is 7.96. The summed E-state index contributed by atoms with van der Waals surface area (Å²) in [6.45, 7) is 6.17. The molecule has 1 unspecified atom stereocenters. The van der Waals surface area contributed by atoms with Crippen LogP contribution in [0.15, 0.2) is 36.3 Å². The van der Waals surface area contributed by atoms with E-state index in [9.17, 15) is 0 Å². The zero-order valence-electron chi connectivity index (χ0n) is 12.7. The number of hydrogen-bond acceptors (Lipinski definition) is 6. The fourth-order valence-corrected chi connectivity index (χ4v) is 2.91. The Morgan fingerprint density at radius 2 is 1.86 bits per heavy atom. The SMILES string of the molecule is CC1=CC(C)NN1c1ncnc2c1nnc1c(C)cccc12. The Hall–Kier alpha value is -2.60. The lowest BCUT2D eigenvalue weighted by atomic mass is 10.1. The van der Waals surface area contributed by atoms with Crippen LogP contribution in [0.3, 0.4) is 0 Å². The minimum atomic E-state index is 0.265. The van der Waals surface area contributed by atoms with Crippen LogP contribution in [0, 0.1) is 6.92 Å².